The molecule has 5 N–H and O–H groups in total. The Morgan fingerprint density at radius 1 is 0.506 bits per heavy atom. The van der Waals surface area contributed by atoms with Crippen LogP contribution in [0.25, 0.3) is 21.8 Å². The molecule has 5 fully saturated rings. The third-order valence-electron chi connectivity index (χ3n) is 20.9. The first-order valence-corrected chi connectivity index (χ1v) is 32.3. The maximum atomic E-state index is 15.3. The zero-order valence-electron chi connectivity index (χ0n) is 51.6. The fraction of sp³-hybridized carbons (Fsp3) is 0.521. The second kappa shape index (κ2) is 24.3. The van der Waals surface area contributed by atoms with E-state index < -0.39 is 38.5 Å². The Bertz CT molecular complexity index is 3310. The molecule has 11 rings (SSSR count). The highest BCUT2D eigenvalue weighted by molar-refractivity contribution is 6.13. The Kier molecular flexibility index (Phi) is 17.1. The first-order valence-electron chi connectivity index (χ1n) is 32.3. The zero-order chi connectivity index (χ0) is 61.5. The van der Waals surface area contributed by atoms with Crippen LogP contribution in [0.15, 0.2) is 109 Å². The number of hydrogen-bond donors (Lipinski definition) is 5. The molecule has 16 nitrogen and oxygen atoms in total. The molecule has 4 aliphatic carbocycles. The summed E-state index contributed by atoms with van der Waals surface area (Å²) in [5.74, 6) is -1.81. The summed E-state index contributed by atoms with van der Waals surface area (Å²) in [5, 5.41) is 16.5. The number of amides is 7. The van der Waals surface area contributed by atoms with Crippen molar-refractivity contribution in [1.29, 1.82) is 0 Å². The summed E-state index contributed by atoms with van der Waals surface area (Å²) in [7, 11) is 0. The van der Waals surface area contributed by atoms with Gasteiger partial charge < -0.3 is 25.3 Å². The van der Waals surface area contributed by atoms with Gasteiger partial charge in [0.1, 0.15) is 13.2 Å². The van der Waals surface area contributed by atoms with Gasteiger partial charge in [-0.15, -0.1) is 0 Å². The van der Waals surface area contributed by atoms with Crippen molar-refractivity contribution in [2.75, 3.05) is 29.1 Å². The summed E-state index contributed by atoms with van der Waals surface area (Å²) in [6, 6.07) is 18.3. The molecule has 6 unspecified atom stereocenters. The number of nitrogens with zero attached hydrogens (tertiary/aromatic N) is 2. The van der Waals surface area contributed by atoms with Crippen LogP contribution in [0, 0.1) is 44.3 Å². The van der Waals surface area contributed by atoms with Crippen LogP contribution < -0.4 is 26.6 Å². The number of esters is 1. The molecule has 3 saturated heterocycles. The summed E-state index contributed by atoms with van der Waals surface area (Å²) >= 11 is 0. The number of allylic oxidation sites excluding steroid dienone is 4. The molecule has 7 aliphatic rings. The molecule has 87 heavy (non-hydrogen) atoms. The number of rotatable bonds is 23. The Morgan fingerprint density at radius 3 is 1.34 bits per heavy atom. The molecule has 10 atom stereocenters. The van der Waals surface area contributed by atoms with Gasteiger partial charge in [0, 0.05) is 69.3 Å². The Morgan fingerprint density at radius 2 is 0.920 bits per heavy atom. The molecule has 0 radical (unpaired) electrons. The van der Waals surface area contributed by atoms with E-state index in [1.54, 1.807) is 24.3 Å². The summed E-state index contributed by atoms with van der Waals surface area (Å²) in [4.78, 5) is 117. The first kappa shape index (κ1) is 61.2. The number of hydrogen-bond acceptors (Lipinski definition) is 10. The predicted molar refractivity (Wildman–Crippen MR) is 338 cm³/mol. The molecule has 2 saturated carbocycles. The third kappa shape index (κ3) is 11.0. The number of imide groups is 2. The molecule has 4 bridgehead atoms. The van der Waals surface area contributed by atoms with Crippen molar-refractivity contribution in [2.24, 2.45) is 44.3 Å². The van der Waals surface area contributed by atoms with Gasteiger partial charge in [0.2, 0.25) is 41.4 Å². The fourth-order valence-corrected chi connectivity index (χ4v) is 18.0. The Hall–Kier alpha value is -7.46. The molecule has 4 aromatic rings. The Balaban J connectivity index is 0.897. The van der Waals surface area contributed by atoms with Crippen LogP contribution in [0.5, 0.6) is 0 Å². The molecule has 0 spiro atoms. The number of carbonyl (C=O) groups excluding carboxylic acids is 8. The van der Waals surface area contributed by atoms with E-state index >= 15 is 9.59 Å². The lowest BCUT2D eigenvalue weighted by Gasteiger charge is -2.57. The summed E-state index contributed by atoms with van der Waals surface area (Å²) in [6.45, 7) is 12.8. The van der Waals surface area contributed by atoms with Gasteiger partial charge in [-0.25, -0.2) is 4.79 Å². The average Bonchev–Trinajstić information content (AvgIpc) is 1.68. The van der Waals surface area contributed by atoms with Crippen LogP contribution in [-0.4, -0.2) is 82.0 Å². The highest BCUT2D eigenvalue weighted by Gasteiger charge is 2.66. The van der Waals surface area contributed by atoms with Gasteiger partial charge in [-0.1, -0.05) is 135 Å². The lowest BCUT2D eigenvalue weighted by molar-refractivity contribution is -0.171. The Labute approximate surface area is 511 Å². The summed E-state index contributed by atoms with van der Waals surface area (Å²) < 4.78 is 7.77. The number of fused-ring (bicyclic) bond motifs is 10. The number of aromatic nitrogens is 1. The number of likely N-dealkylation sites (tertiary alicyclic amines) is 1. The van der Waals surface area contributed by atoms with Crippen LogP contribution in [-0.2, 0) is 44.8 Å². The van der Waals surface area contributed by atoms with E-state index in [0.717, 1.165) is 25.7 Å². The molecule has 460 valence electrons. The van der Waals surface area contributed by atoms with Gasteiger partial charge in [0.25, 0.3) is 0 Å². The van der Waals surface area contributed by atoms with Crippen molar-refractivity contribution in [2.45, 2.75) is 176 Å². The van der Waals surface area contributed by atoms with Crippen LogP contribution in [0.2, 0.25) is 0 Å². The molecule has 4 heterocycles. The van der Waals surface area contributed by atoms with Crippen molar-refractivity contribution in [3.63, 3.8) is 0 Å². The topological polar surface area (TPSA) is 214 Å². The van der Waals surface area contributed by atoms with Crippen LogP contribution in [0.1, 0.15) is 167 Å². The lowest BCUT2D eigenvalue weighted by Crippen LogP contribution is -2.65. The normalized spacial score (nSPS) is 30.4. The van der Waals surface area contributed by atoms with Crippen LogP contribution >= 0.6 is 0 Å². The minimum absolute atomic E-state index is 0.150. The number of carbonyl (C=O) groups is 8. The number of ether oxygens (including phenoxy) is 1. The molecular formula is C71H87N7O9. The molecular weight excluding hydrogens is 1090 g/mol. The highest BCUT2D eigenvalue weighted by atomic mass is 16.5. The van der Waals surface area contributed by atoms with Crippen molar-refractivity contribution < 1.29 is 43.1 Å². The highest BCUT2D eigenvalue weighted by Crippen LogP contribution is 2.63. The number of anilines is 3. The number of benzene rings is 3. The van der Waals surface area contributed by atoms with Gasteiger partial charge in [-0.2, -0.15) is 0 Å². The number of piperidine rings is 2. The molecule has 7 amide bonds. The van der Waals surface area contributed by atoms with Crippen LogP contribution in [0.3, 0.4) is 0 Å². The summed E-state index contributed by atoms with van der Waals surface area (Å²) in [5.41, 5.74) is -2.47. The minimum atomic E-state index is -1.02. The van der Waals surface area contributed by atoms with Gasteiger partial charge in [-0.05, 0) is 132 Å². The van der Waals surface area contributed by atoms with Crippen LogP contribution in [0.4, 0.5) is 17.1 Å². The second-order valence-corrected chi connectivity index (χ2v) is 26.9. The van der Waals surface area contributed by atoms with E-state index in [-0.39, 0.29) is 66.6 Å². The minimum Gasteiger partial charge on any atom is -0.461 e. The SMILES string of the molecule is CCCC1(C(=O)Nc2ccc3c(c2)c2cc(NC(=O)C4(CCC)C[C@@]5(CCC)C[C@@](CCC)(C4)C(=O)NC5=O)ccc2n3CC(=O)Nc2cccc(C(=O)OCCN3C4C=CC=CC4C4C=CC=CC43)c2)C[C@@]2(CCC)C[C@@](CCC)(C1)C(=O)NC2=O. The first-order chi connectivity index (χ1) is 41.9. The van der Waals surface area contributed by atoms with Crippen molar-refractivity contribution in [1.82, 2.24) is 20.1 Å². The standard InChI is InChI=1S/C71H87N7O9/c1-7-28-66(40-68(30-9-3)44-69(41-66,31-10-4)63(84)75-62(68)83)60(81)73-48-24-26-56-52(37-48)53-38-49(74-61(82)67(29-8-2)42-70(32-11-5)45-71(43-67,33-12-6)65(86)76-64(70)85)25-27-57(53)78(56)39-58(79)72-47-19-17-18-46(36-47)59(80)87-35-34-77-54-22-15-13-20-50(54)51-21-14-16-23-55(51)77/h13-27,36-38,50-51,54-55H,7-12,28-35,39-45H2,1-6H3,(H,72,79)(H,73,81)(H,74,82)(H,75,83,84)(H,76,85,86)/t50?,51?,54?,55?,66?,67?,68-,69+,70-,71+. The average molecular weight is 1180 g/mol. The zero-order valence-corrected chi connectivity index (χ0v) is 51.6. The van der Waals surface area contributed by atoms with Gasteiger partial charge >= 0.3 is 5.97 Å². The van der Waals surface area contributed by atoms with Gasteiger partial charge in [-0.3, -0.25) is 49.1 Å². The summed E-state index contributed by atoms with van der Waals surface area (Å²) in [6.07, 6.45) is 26.9. The fourth-order valence-electron chi connectivity index (χ4n) is 18.0. The van der Waals surface area contributed by atoms with Crippen molar-refractivity contribution in [3.8, 4) is 0 Å². The second-order valence-electron chi connectivity index (χ2n) is 26.9. The van der Waals surface area contributed by atoms with E-state index in [1.165, 1.54) is 0 Å². The maximum absolute atomic E-state index is 15.3. The number of nitrogens with one attached hydrogen (secondary N) is 5. The van der Waals surface area contributed by atoms with E-state index in [0.29, 0.717) is 153 Å². The predicted octanol–water partition coefficient (Wildman–Crippen LogP) is 12.4. The van der Waals surface area contributed by atoms with Gasteiger partial charge in [0.15, 0.2) is 0 Å². The maximum Gasteiger partial charge on any atom is 0.338 e. The van der Waals surface area contributed by atoms with E-state index in [1.807, 2.05) is 82.5 Å². The van der Waals surface area contributed by atoms with Crippen molar-refractivity contribution in [3.05, 3.63) is 115 Å². The van der Waals surface area contributed by atoms with Crippen molar-refractivity contribution >= 4 is 86.2 Å². The van der Waals surface area contributed by atoms with E-state index in [2.05, 4.69) is 80.1 Å². The third-order valence-corrected chi connectivity index (χ3v) is 20.9. The molecule has 1 aromatic heterocycles. The quantitative estimate of drug-likeness (QED) is 0.0350. The molecule has 16 heteroatoms. The molecule has 3 aromatic carbocycles. The molecule has 3 aliphatic heterocycles. The largest absolute Gasteiger partial charge is 0.461 e. The van der Waals surface area contributed by atoms with E-state index in [9.17, 15) is 28.8 Å². The smallest absolute Gasteiger partial charge is 0.338 e. The van der Waals surface area contributed by atoms with E-state index in [4.69, 9.17) is 4.74 Å². The lowest BCUT2D eigenvalue weighted by atomic mass is 9.47. The monoisotopic (exact) mass is 1180 g/mol. The van der Waals surface area contributed by atoms with Gasteiger partial charge in [0.05, 0.1) is 38.1 Å².